The lowest BCUT2D eigenvalue weighted by molar-refractivity contribution is -0.120. The average molecular weight is 412 g/mol. The highest BCUT2D eigenvalue weighted by atomic mass is 32.1. The zero-order chi connectivity index (χ0) is 20.4. The van der Waals surface area contributed by atoms with Gasteiger partial charge >= 0.3 is 0 Å². The van der Waals surface area contributed by atoms with Gasteiger partial charge in [0.1, 0.15) is 0 Å². The third-order valence-corrected chi connectivity index (χ3v) is 6.22. The molecule has 3 heterocycles. The minimum Gasteiger partial charge on any atom is -0.347 e. The number of benzene rings is 1. The Labute approximate surface area is 173 Å². The van der Waals surface area contributed by atoms with E-state index in [1.807, 2.05) is 31.2 Å². The largest absolute Gasteiger partial charge is 0.347 e. The van der Waals surface area contributed by atoms with E-state index in [9.17, 15) is 9.59 Å². The third kappa shape index (κ3) is 4.32. The number of fused-ring (bicyclic) bond motifs is 1. The molecule has 1 amide bonds. The number of carbonyl (C=O) groups excluding carboxylic acids is 1. The van der Waals surface area contributed by atoms with Crippen molar-refractivity contribution >= 4 is 33.0 Å². The van der Waals surface area contributed by atoms with Gasteiger partial charge in [0.05, 0.1) is 0 Å². The minimum atomic E-state index is -0.131. The Morgan fingerprint density at radius 3 is 2.66 bits per heavy atom. The van der Waals surface area contributed by atoms with Gasteiger partial charge < -0.3 is 10.2 Å². The molecule has 29 heavy (non-hydrogen) atoms. The van der Waals surface area contributed by atoms with E-state index in [2.05, 4.69) is 27.2 Å². The number of aromatic nitrogens is 3. The summed E-state index contributed by atoms with van der Waals surface area (Å²) in [7, 11) is 0. The molecule has 1 aliphatic heterocycles. The van der Waals surface area contributed by atoms with Gasteiger partial charge in [-0.1, -0.05) is 42.4 Å². The Balaban J connectivity index is 1.41. The fraction of sp³-hybridized carbons (Fsp3) is 0.429. The number of piperidine rings is 1. The summed E-state index contributed by atoms with van der Waals surface area (Å²) in [5.74, 6) is 0.0545. The normalized spacial score (nSPS) is 15.0. The summed E-state index contributed by atoms with van der Waals surface area (Å²) in [6.45, 7) is 5.57. The van der Waals surface area contributed by atoms with E-state index >= 15 is 0 Å². The number of rotatable bonds is 5. The van der Waals surface area contributed by atoms with E-state index in [0.29, 0.717) is 4.96 Å². The van der Waals surface area contributed by atoms with Crippen molar-refractivity contribution in [3.8, 4) is 0 Å². The number of hydrogen-bond donors (Lipinski definition) is 1. The van der Waals surface area contributed by atoms with E-state index in [1.165, 1.54) is 21.4 Å². The molecule has 0 atom stereocenters. The second-order valence-corrected chi connectivity index (χ2v) is 8.47. The molecule has 0 saturated carbocycles. The maximum atomic E-state index is 12.6. The van der Waals surface area contributed by atoms with Crippen molar-refractivity contribution in [3.05, 3.63) is 51.9 Å². The van der Waals surface area contributed by atoms with Crippen LogP contribution < -0.4 is 15.8 Å². The van der Waals surface area contributed by atoms with Crippen molar-refractivity contribution in [3.63, 3.8) is 0 Å². The van der Waals surface area contributed by atoms with Crippen LogP contribution >= 0.6 is 11.3 Å². The number of carbonyl (C=O) groups is 1. The van der Waals surface area contributed by atoms with Crippen LogP contribution in [0, 0.1) is 12.8 Å². The summed E-state index contributed by atoms with van der Waals surface area (Å²) >= 11 is 1.44. The van der Waals surface area contributed by atoms with Crippen LogP contribution in [0.2, 0.25) is 0 Å². The molecule has 0 unspecified atom stereocenters. The lowest BCUT2D eigenvalue weighted by Gasteiger charge is -2.30. The predicted molar refractivity (Wildman–Crippen MR) is 116 cm³/mol. The molecule has 3 aromatic rings. The van der Waals surface area contributed by atoms with Crippen LogP contribution in [0.4, 0.5) is 10.8 Å². The summed E-state index contributed by atoms with van der Waals surface area (Å²) in [5.41, 5.74) is 2.69. The van der Waals surface area contributed by atoms with Crippen molar-refractivity contribution in [2.24, 2.45) is 5.92 Å². The second-order valence-electron chi connectivity index (χ2n) is 7.53. The van der Waals surface area contributed by atoms with E-state index in [-0.39, 0.29) is 17.4 Å². The Morgan fingerprint density at radius 2 is 1.97 bits per heavy atom. The summed E-state index contributed by atoms with van der Waals surface area (Å²) < 4.78 is 1.38. The first-order valence-corrected chi connectivity index (χ1v) is 10.9. The van der Waals surface area contributed by atoms with E-state index in [4.69, 9.17) is 0 Å². The van der Waals surface area contributed by atoms with Crippen LogP contribution in [-0.4, -0.2) is 33.6 Å². The van der Waals surface area contributed by atoms with E-state index in [0.717, 1.165) is 55.3 Å². The van der Waals surface area contributed by atoms with Crippen molar-refractivity contribution in [1.29, 1.82) is 0 Å². The van der Waals surface area contributed by atoms with Crippen LogP contribution in [0.3, 0.4) is 0 Å². The SMILES string of the molecule is CCCc1cc(=O)n2nc(N3CCC(C(=O)Nc4ccc(C)cc4)CC3)sc2n1. The quantitative estimate of drug-likeness (QED) is 0.697. The molecule has 0 radical (unpaired) electrons. The second kappa shape index (κ2) is 8.32. The molecular formula is C21H25N5O2S. The van der Waals surface area contributed by atoms with Crippen LogP contribution in [0.15, 0.2) is 35.1 Å². The van der Waals surface area contributed by atoms with Gasteiger partial charge in [-0.05, 0) is 38.3 Å². The maximum Gasteiger partial charge on any atom is 0.275 e. The fourth-order valence-electron chi connectivity index (χ4n) is 3.57. The van der Waals surface area contributed by atoms with Gasteiger partial charge in [0.2, 0.25) is 16.0 Å². The lowest BCUT2D eigenvalue weighted by atomic mass is 9.96. The molecule has 1 saturated heterocycles. The average Bonchev–Trinajstić information content (AvgIpc) is 3.15. The van der Waals surface area contributed by atoms with Gasteiger partial charge in [-0.15, -0.1) is 5.10 Å². The van der Waals surface area contributed by atoms with E-state index in [1.54, 1.807) is 6.07 Å². The number of hydrogen-bond acceptors (Lipinski definition) is 6. The number of amides is 1. The molecule has 0 bridgehead atoms. The lowest BCUT2D eigenvalue weighted by Crippen LogP contribution is -2.38. The fourth-order valence-corrected chi connectivity index (χ4v) is 4.55. The van der Waals surface area contributed by atoms with Crippen LogP contribution in [0.5, 0.6) is 0 Å². The highest BCUT2D eigenvalue weighted by Crippen LogP contribution is 2.27. The van der Waals surface area contributed by atoms with Gasteiger partial charge in [-0.3, -0.25) is 9.59 Å². The third-order valence-electron chi connectivity index (χ3n) is 5.25. The van der Waals surface area contributed by atoms with Crippen LogP contribution in [0.25, 0.3) is 4.96 Å². The Bertz CT molecular complexity index is 1060. The number of nitrogens with one attached hydrogen (secondary N) is 1. The van der Waals surface area contributed by atoms with Crippen molar-refractivity contribution in [2.45, 2.75) is 39.5 Å². The number of nitrogens with zero attached hydrogens (tertiary/aromatic N) is 4. The maximum absolute atomic E-state index is 12.6. The molecule has 0 spiro atoms. The molecular weight excluding hydrogens is 386 g/mol. The van der Waals surface area contributed by atoms with Gasteiger partial charge in [0, 0.05) is 36.5 Å². The minimum absolute atomic E-state index is 0.0149. The predicted octanol–water partition coefficient (Wildman–Crippen LogP) is 3.27. The van der Waals surface area contributed by atoms with E-state index < -0.39 is 0 Å². The van der Waals surface area contributed by atoms with Crippen molar-refractivity contribution in [2.75, 3.05) is 23.3 Å². The topological polar surface area (TPSA) is 79.6 Å². The number of anilines is 2. The monoisotopic (exact) mass is 411 g/mol. The van der Waals surface area contributed by atoms with Gasteiger partial charge in [0.25, 0.3) is 5.56 Å². The first-order valence-electron chi connectivity index (χ1n) is 10.1. The highest BCUT2D eigenvalue weighted by molar-refractivity contribution is 7.20. The molecule has 1 fully saturated rings. The summed E-state index contributed by atoms with van der Waals surface area (Å²) in [5, 5.41) is 8.28. The number of aryl methyl sites for hydroxylation is 2. The van der Waals surface area contributed by atoms with Gasteiger partial charge in [0.15, 0.2) is 0 Å². The smallest absolute Gasteiger partial charge is 0.275 e. The molecule has 8 heteroatoms. The Kier molecular flexibility index (Phi) is 5.62. The van der Waals surface area contributed by atoms with Crippen molar-refractivity contribution < 1.29 is 4.79 Å². The molecule has 152 valence electrons. The molecule has 4 rings (SSSR count). The van der Waals surface area contributed by atoms with Gasteiger partial charge in [-0.2, -0.15) is 4.52 Å². The molecule has 2 aromatic heterocycles. The van der Waals surface area contributed by atoms with Gasteiger partial charge in [-0.25, -0.2) is 4.98 Å². The molecule has 1 aromatic carbocycles. The zero-order valence-corrected chi connectivity index (χ0v) is 17.5. The summed E-state index contributed by atoms with van der Waals surface area (Å²) in [6.07, 6.45) is 3.26. The molecule has 1 N–H and O–H groups in total. The van der Waals surface area contributed by atoms with Crippen molar-refractivity contribution in [1.82, 2.24) is 14.6 Å². The molecule has 1 aliphatic rings. The van der Waals surface area contributed by atoms with Crippen LogP contribution in [0.1, 0.15) is 37.4 Å². The Morgan fingerprint density at radius 1 is 1.24 bits per heavy atom. The molecule has 7 nitrogen and oxygen atoms in total. The first-order chi connectivity index (χ1) is 14.0. The standard InChI is InChI=1S/C21H25N5O2S/c1-3-4-17-13-18(27)26-20(23-17)29-21(24-26)25-11-9-15(10-12-25)19(28)22-16-7-5-14(2)6-8-16/h5-8,13,15H,3-4,9-12H2,1-2H3,(H,22,28). The zero-order valence-electron chi connectivity index (χ0n) is 16.7. The molecule has 0 aliphatic carbocycles. The summed E-state index contributed by atoms with van der Waals surface area (Å²) in [6, 6.07) is 9.42. The summed E-state index contributed by atoms with van der Waals surface area (Å²) in [4.78, 5) is 32.2. The van der Waals surface area contributed by atoms with Crippen LogP contribution in [-0.2, 0) is 11.2 Å². The first kappa shape index (κ1) is 19.6. The Hall–Kier alpha value is -2.74. The highest BCUT2D eigenvalue weighted by Gasteiger charge is 2.27.